The summed E-state index contributed by atoms with van der Waals surface area (Å²) in [5, 5.41) is 9.27. The third kappa shape index (κ3) is 3.32. The van der Waals surface area contributed by atoms with E-state index in [-0.39, 0.29) is 16.9 Å². The zero-order chi connectivity index (χ0) is 16.1. The Morgan fingerprint density at radius 1 is 1.00 bits per heavy atom. The van der Waals surface area contributed by atoms with Crippen LogP contribution >= 0.6 is 0 Å². The highest BCUT2D eigenvalue weighted by atomic mass is 16.5. The standard InChI is InChI=1S/C17H16O5/c1-21-10-11-3-5-12(6-4-11)16(18)14-8-7-13(22-2)9-15(14)17(19)20/h3-9H,10H2,1-2H3,(H,19,20). The van der Waals surface area contributed by atoms with Crippen LogP contribution in [0.3, 0.4) is 0 Å². The zero-order valence-corrected chi connectivity index (χ0v) is 12.3. The predicted molar refractivity (Wildman–Crippen MR) is 80.5 cm³/mol. The van der Waals surface area contributed by atoms with Gasteiger partial charge in [-0.25, -0.2) is 4.79 Å². The van der Waals surface area contributed by atoms with Gasteiger partial charge in [0, 0.05) is 18.2 Å². The van der Waals surface area contributed by atoms with Gasteiger partial charge in [-0.15, -0.1) is 0 Å². The van der Waals surface area contributed by atoms with Crippen molar-refractivity contribution in [2.75, 3.05) is 14.2 Å². The molecule has 0 amide bonds. The predicted octanol–water partition coefficient (Wildman–Crippen LogP) is 2.77. The van der Waals surface area contributed by atoms with E-state index in [9.17, 15) is 14.7 Å². The van der Waals surface area contributed by atoms with Gasteiger partial charge >= 0.3 is 5.97 Å². The lowest BCUT2D eigenvalue weighted by atomic mass is 9.97. The van der Waals surface area contributed by atoms with E-state index in [1.54, 1.807) is 37.4 Å². The van der Waals surface area contributed by atoms with E-state index in [0.29, 0.717) is 17.9 Å². The molecule has 2 aromatic carbocycles. The first-order chi connectivity index (χ1) is 10.6. The Bertz CT molecular complexity index is 689. The number of aromatic carboxylic acids is 1. The molecule has 5 nitrogen and oxygen atoms in total. The van der Waals surface area contributed by atoms with Crippen molar-refractivity contribution < 1.29 is 24.2 Å². The van der Waals surface area contributed by atoms with Crippen molar-refractivity contribution >= 4 is 11.8 Å². The van der Waals surface area contributed by atoms with Crippen molar-refractivity contribution in [3.05, 3.63) is 64.7 Å². The molecule has 0 spiro atoms. The summed E-state index contributed by atoms with van der Waals surface area (Å²) in [6, 6.07) is 11.3. The summed E-state index contributed by atoms with van der Waals surface area (Å²) < 4.78 is 10.0. The van der Waals surface area contributed by atoms with Gasteiger partial charge in [0.25, 0.3) is 0 Å². The highest BCUT2D eigenvalue weighted by molar-refractivity contribution is 6.14. The number of carbonyl (C=O) groups excluding carboxylic acids is 1. The molecule has 5 heteroatoms. The monoisotopic (exact) mass is 300 g/mol. The number of rotatable bonds is 6. The Kier molecular flexibility index (Phi) is 4.91. The minimum Gasteiger partial charge on any atom is -0.497 e. The number of carboxylic acid groups (broad SMARTS) is 1. The van der Waals surface area contributed by atoms with Crippen LogP contribution in [0.25, 0.3) is 0 Å². The van der Waals surface area contributed by atoms with E-state index in [2.05, 4.69) is 0 Å². The summed E-state index contributed by atoms with van der Waals surface area (Å²) >= 11 is 0. The molecule has 2 rings (SSSR count). The van der Waals surface area contributed by atoms with Crippen molar-refractivity contribution in [2.45, 2.75) is 6.61 Å². The highest BCUT2D eigenvalue weighted by Gasteiger charge is 2.18. The number of hydrogen-bond donors (Lipinski definition) is 1. The molecule has 0 aromatic heterocycles. The van der Waals surface area contributed by atoms with Gasteiger partial charge in [0.1, 0.15) is 5.75 Å². The molecule has 0 saturated carbocycles. The molecule has 0 aliphatic carbocycles. The number of ether oxygens (including phenoxy) is 2. The Morgan fingerprint density at radius 3 is 2.23 bits per heavy atom. The van der Waals surface area contributed by atoms with Crippen molar-refractivity contribution in [1.82, 2.24) is 0 Å². The number of methoxy groups -OCH3 is 2. The second kappa shape index (κ2) is 6.87. The second-order valence-corrected chi connectivity index (χ2v) is 4.68. The number of carbonyl (C=O) groups is 2. The smallest absolute Gasteiger partial charge is 0.336 e. The lowest BCUT2D eigenvalue weighted by Gasteiger charge is -2.08. The highest BCUT2D eigenvalue weighted by Crippen LogP contribution is 2.21. The molecule has 0 bridgehead atoms. The molecular weight excluding hydrogens is 284 g/mol. The van der Waals surface area contributed by atoms with Gasteiger partial charge in [-0.05, 0) is 23.8 Å². The fourth-order valence-corrected chi connectivity index (χ4v) is 2.10. The van der Waals surface area contributed by atoms with Crippen molar-refractivity contribution in [2.24, 2.45) is 0 Å². The Labute approximate surface area is 128 Å². The molecule has 0 heterocycles. The maximum Gasteiger partial charge on any atom is 0.336 e. The van der Waals surface area contributed by atoms with Crippen LogP contribution in [0.15, 0.2) is 42.5 Å². The fraction of sp³-hybridized carbons (Fsp3) is 0.176. The maximum atomic E-state index is 12.5. The van der Waals surface area contributed by atoms with Gasteiger partial charge in [0.15, 0.2) is 5.78 Å². The van der Waals surface area contributed by atoms with Crippen LogP contribution in [0.1, 0.15) is 31.8 Å². The summed E-state index contributed by atoms with van der Waals surface area (Å²) in [6.07, 6.45) is 0. The van der Waals surface area contributed by atoms with Gasteiger partial charge in [0.2, 0.25) is 0 Å². The number of hydrogen-bond acceptors (Lipinski definition) is 4. The normalized spacial score (nSPS) is 10.3. The van der Waals surface area contributed by atoms with E-state index in [4.69, 9.17) is 9.47 Å². The Morgan fingerprint density at radius 2 is 1.68 bits per heavy atom. The molecule has 0 saturated heterocycles. The van der Waals surface area contributed by atoms with E-state index < -0.39 is 5.97 Å². The third-order valence-corrected chi connectivity index (χ3v) is 3.23. The van der Waals surface area contributed by atoms with Gasteiger partial charge in [-0.2, -0.15) is 0 Å². The Balaban J connectivity index is 2.38. The lowest BCUT2D eigenvalue weighted by Crippen LogP contribution is -2.10. The number of ketones is 1. The average Bonchev–Trinajstić information content (AvgIpc) is 2.54. The van der Waals surface area contributed by atoms with Gasteiger partial charge in [-0.1, -0.05) is 24.3 Å². The van der Waals surface area contributed by atoms with E-state index >= 15 is 0 Å². The van der Waals surface area contributed by atoms with E-state index in [1.807, 2.05) is 0 Å². The van der Waals surface area contributed by atoms with Gasteiger partial charge in [0.05, 0.1) is 19.3 Å². The summed E-state index contributed by atoms with van der Waals surface area (Å²) in [5.74, 6) is -1.12. The average molecular weight is 300 g/mol. The maximum absolute atomic E-state index is 12.5. The molecule has 0 atom stereocenters. The van der Waals surface area contributed by atoms with Crippen LogP contribution in [0, 0.1) is 0 Å². The summed E-state index contributed by atoms with van der Waals surface area (Å²) in [4.78, 5) is 23.8. The topological polar surface area (TPSA) is 72.8 Å². The molecular formula is C17H16O5. The van der Waals surface area contributed by atoms with Crippen LogP contribution in [-0.2, 0) is 11.3 Å². The first kappa shape index (κ1) is 15.7. The van der Waals surface area contributed by atoms with Crippen LogP contribution in [0.4, 0.5) is 0 Å². The molecule has 1 N–H and O–H groups in total. The SMILES string of the molecule is COCc1ccc(C(=O)c2ccc(OC)cc2C(=O)O)cc1. The molecule has 2 aromatic rings. The molecule has 0 radical (unpaired) electrons. The fourth-order valence-electron chi connectivity index (χ4n) is 2.10. The zero-order valence-electron chi connectivity index (χ0n) is 12.3. The third-order valence-electron chi connectivity index (χ3n) is 3.23. The first-order valence-corrected chi connectivity index (χ1v) is 6.60. The van der Waals surface area contributed by atoms with Crippen LogP contribution in [-0.4, -0.2) is 31.1 Å². The van der Waals surface area contributed by atoms with Crippen LogP contribution < -0.4 is 4.74 Å². The molecule has 0 fully saturated rings. The first-order valence-electron chi connectivity index (χ1n) is 6.60. The quantitative estimate of drug-likeness (QED) is 0.830. The summed E-state index contributed by atoms with van der Waals surface area (Å²) in [5.41, 5.74) is 1.41. The molecule has 0 unspecified atom stereocenters. The molecule has 114 valence electrons. The lowest BCUT2D eigenvalue weighted by molar-refractivity contribution is 0.0692. The van der Waals surface area contributed by atoms with Crippen molar-refractivity contribution in [1.29, 1.82) is 0 Å². The van der Waals surface area contributed by atoms with Gasteiger partial charge in [-0.3, -0.25) is 4.79 Å². The van der Waals surface area contributed by atoms with E-state index in [0.717, 1.165) is 5.56 Å². The Hall–Kier alpha value is -2.66. The largest absolute Gasteiger partial charge is 0.497 e. The summed E-state index contributed by atoms with van der Waals surface area (Å²) in [6.45, 7) is 0.456. The minimum atomic E-state index is -1.17. The second-order valence-electron chi connectivity index (χ2n) is 4.68. The van der Waals surface area contributed by atoms with E-state index in [1.165, 1.54) is 19.2 Å². The minimum absolute atomic E-state index is 0.0784. The number of benzene rings is 2. The van der Waals surface area contributed by atoms with Crippen molar-refractivity contribution in [3.8, 4) is 5.75 Å². The van der Waals surface area contributed by atoms with Crippen LogP contribution in [0.2, 0.25) is 0 Å². The van der Waals surface area contributed by atoms with Crippen molar-refractivity contribution in [3.63, 3.8) is 0 Å². The molecule has 22 heavy (non-hydrogen) atoms. The molecule has 0 aliphatic rings. The van der Waals surface area contributed by atoms with Crippen LogP contribution in [0.5, 0.6) is 5.75 Å². The summed E-state index contributed by atoms with van der Waals surface area (Å²) in [7, 11) is 3.03. The molecule has 0 aliphatic heterocycles. The van der Waals surface area contributed by atoms with Gasteiger partial charge < -0.3 is 14.6 Å². The number of carboxylic acids is 1.